The number of nitrogens with zero attached hydrogens (tertiary/aromatic N) is 2. The Morgan fingerprint density at radius 3 is 2.55 bits per heavy atom. The molecule has 1 aromatic carbocycles. The number of carboxylic acid groups (broad SMARTS) is 1. The molecule has 1 atom stereocenters. The maximum absolute atomic E-state index is 12.0. The van der Waals surface area contributed by atoms with Gasteiger partial charge in [0.2, 0.25) is 0 Å². The van der Waals surface area contributed by atoms with Crippen LogP contribution < -0.4 is 5.32 Å². The second-order valence-corrected chi connectivity index (χ2v) is 4.57. The van der Waals surface area contributed by atoms with Gasteiger partial charge in [0.1, 0.15) is 6.04 Å². The number of carbonyl (C=O) groups excluding carboxylic acids is 1. The van der Waals surface area contributed by atoms with Crippen LogP contribution in [0.5, 0.6) is 0 Å². The number of rotatable bonds is 5. The van der Waals surface area contributed by atoms with Crippen LogP contribution in [0.1, 0.15) is 21.5 Å². The highest BCUT2D eigenvalue weighted by molar-refractivity contribution is 5.96. The smallest absolute Gasteiger partial charge is 0.326 e. The van der Waals surface area contributed by atoms with Crippen molar-refractivity contribution < 1.29 is 14.7 Å². The molecule has 0 spiro atoms. The molecule has 1 heterocycles. The van der Waals surface area contributed by atoms with Gasteiger partial charge in [-0.05, 0) is 23.8 Å². The SMILES string of the molecule is N#Cc1ccccc1C[C@@H](NC(=O)c1ccncc1)C(=O)O. The van der Waals surface area contributed by atoms with Crippen molar-refractivity contribution in [3.05, 3.63) is 65.5 Å². The maximum Gasteiger partial charge on any atom is 0.326 e. The summed E-state index contributed by atoms with van der Waals surface area (Å²) in [5.74, 6) is -1.65. The lowest BCUT2D eigenvalue weighted by molar-refractivity contribution is -0.139. The number of carbonyl (C=O) groups is 2. The minimum atomic E-state index is -1.16. The zero-order valence-corrected chi connectivity index (χ0v) is 11.6. The van der Waals surface area contributed by atoms with Crippen molar-refractivity contribution in [3.63, 3.8) is 0 Å². The van der Waals surface area contributed by atoms with E-state index < -0.39 is 17.9 Å². The molecule has 0 aliphatic heterocycles. The van der Waals surface area contributed by atoms with Crippen molar-refractivity contribution in [2.75, 3.05) is 0 Å². The van der Waals surface area contributed by atoms with Crippen molar-refractivity contribution in [3.8, 4) is 6.07 Å². The minimum absolute atomic E-state index is 0.0376. The molecule has 0 radical (unpaired) electrons. The summed E-state index contributed by atoms with van der Waals surface area (Å²) in [7, 11) is 0. The van der Waals surface area contributed by atoms with Gasteiger partial charge < -0.3 is 10.4 Å². The van der Waals surface area contributed by atoms with Crippen LogP contribution in [0.25, 0.3) is 0 Å². The Balaban J connectivity index is 2.16. The van der Waals surface area contributed by atoms with Crippen molar-refractivity contribution in [1.29, 1.82) is 5.26 Å². The number of amides is 1. The fourth-order valence-electron chi connectivity index (χ4n) is 1.97. The third kappa shape index (κ3) is 3.67. The van der Waals surface area contributed by atoms with Crippen molar-refractivity contribution >= 4 is 11.9 Å². The topological polar surface area (TPSA) is 103 Å². The molecule has 22 heavy (non-hydrogen) atoms. The number of hydrogen-bond donors (Lipinski definition) is 2. The van der Waals surface area contributed by atoms with Crippen molar-refractivity contribution in [2.24, 2.45) is 0 Å². The largest absolute Gasteiger partial charge is 0.480 e. The molecule has 0 aliphatic carbocycles. The van der Waals surface area contributed by atoms with E-state index in [1.807, 2.05) is 6.07 Å². The van der Waals surface area contributed by atoms with E-state index >= 15 is 0 Å². The van der Waals surface area contributed by atoms with Crippen molar-refractivity contribution in [1.82, 2.24) is 10.3 Å². The fraction of sp³-hybridized carbons (Fsp3) is 0.125. The second-order valence-electron chi connectivity index (χ2n) is 4.57. The van der Waals surface area contributed by atoms with Crippen LogP contribution in [-0.4, -0.2) is 28.0 Å². The Bertz CT molecular complexity index is 723. The number of nitriles is 1. The van der Waals surface area contributed by atoms with Crippen LogP contribution in [-0.2, 0) is 11.2 Å². The molecule has 0 saturated heterocycles. The Kier molecular flexibility index (Phi) is 4.83. The van der Waals surface area contributed by atoms with E-state index in [1.54, 1.807) is 24.3 Å². The first-order chi connectivity index (χ1) is 10.6. The second kappa shape index (κ2) is 6.99. The molecule has 0 bridgehead atoms. The van der Waals surface area contributed by atoms with Gasteiger partial charge >= 0.3 is 5.97 Å². The molecule has 6 heteroatoms. The molecule has 1 amide bonds. The molecular weight excluding hydrogens is 282 g/mol. The van der Waals surface area contributed by atoms with Gasteiger partial charge in [-0.3, -0.25) is 9.78 Å². The zero-order valence-electron chi connectivity index (χ0n) is 11.6. The highest BCUT2D eigenvalue weighted by atomic mass is 16.4. The monoisotopic (exact) mass is 295 g/mol. The summed E-state index contributed by atoms with van der Waals surface area (Å²) in [6.45, 7) is 0. The van der Waals surface area contributed by atoms with Gasteiger partial charge in [0.15, 0.2) is 0 Å². The van der Waals surface area contributed by atoms with E-state index in [2.05, 4.69) is 10.3 Å². The fourth-order valence-corrected chi connectivity index (χ4v) is 1.97. The van der Waals surface area contributed by atoms with Gasteiger partial charge in [0.05, 0.1) is 11.6 Å². The van der Waals surface area contributed by atoms with E-state index in [9.17, 15) is 14.7 Å². The van der Waals surface area contributed by atoms with Crippen LogP contribution in [0.15, 0.2) is 48.8 Å². The third-order valence-corrected chi connectivity index (χ3v) is 3.11. The number of aliphatic carboxylic acids is 1. The van der Waals surface area contributed by atoms with E-state index in [4.69, 9.17) is 5.26 Å². The number of hydrogen-bond acceptors (Lipinski definition) is 4. The first-order valence-corrected chi connectivity index (χ1v) is 6.53. The zero-order chi connectivity index (χ0) is 15.9. The number of pyridine rings is 1. The summed E-state index contributed by atoms with van der Waals surface area (Å²) in [6, 6.07) is 10.6. The first-order valence-electron chi connectivity index (χ1n) is 6.53. The van der Waals surface area contributed by atoms with Gasteiger partial charge in [-0.2, -0.15) is 5.26 Å². The van der Waals surface area contributed by atoms with E-state index in [0.717, 1.165) is 0 Å². The first kappa shape index (κ1) is 15.2. The molecule has 2 N–H and O–H groups in total. The van der Waals surface area contributed by atoms with Gasteiger partial charge in [-0.1, -0.05) is 18.2 Å². The van der Waals surface area contributed by atoms with E-state index in [0.29, 0.717) is 16.7 Å². The minimum Gasteiger partial charge on any atom is -0.480 e. The number of nitrogens with one attached hydrogen (secondary N) is 1. The third-order valence-electron chi connectivity index (χ3n) is 3.11. The molecular formula is C16H13N3O3. The average Bonchev–Trinajstić information content (AvgIpc) is 2.55. The van der Waals surface area contributed by atoms with Gasteiger partial charge in [0, 0.05) is 24.4 Å². The van der Waals surface area contributed by atoms with Gasteiger partial charge in [0.25, 0.3) is 5.91 Å². The number of benzene rings is 1. The molecule has 1 aromatic heterocycles. The van der Waals surface area contributed by atoms with E-state index in [-0.39, 0.29) is 6.42 Å². The lowest BCUT2D eigenvalue weighted by atomic mass is 10.0. The maximum atomic E-state index is 12.0. The Hall–Kier alpha value is -3.20. The average molecular weight is 295 g/mol. The van der Waals surface area contributed by atoms with Crippen LogP contribution >= 0.6 is 0 Å². The molecule has 2 rings (SSSR count). The Labute approximate surface area is 127 Å². The molecule has 0 saturated carbocycles. The number of aromatic nitrogens is 1. The highest BCUT2D eigenvalue weighted by Crippen LogP contribution is 2.11. The lowest BCUT2D eigenvalue weighted by Crippen LogP contribution is -2.42. The molecule has 110 valence electrons. The highest BCUT2D eigenvalue weighted by Gasteiger charge is 2.22. The molecule has 0 fully saturated rings. The molecule has 0 unspecified atom stereocenters. The van der Waals surface area contributed by atoms with Crippen LogP contribution in [0.4, 0.5) is 0 Å². The molecule has 6 nitrogen and oxygen atoms in total. The van der Waals surface area contributed by atoms with Crippen LogP contribution in [0.2, 0.25) is 0 Å². The standard InChI is InChI=1S/C16H13N3O3/c17-10-13-4-2-1-3-12(13)9-14(16(21)22)19-15(20)11-5-7-18-8-6-11/h1-8,14H,9H2,(H,19,20)(H,21,22)/t14-/m1/s1. The van der Waals surface area contributed by atoms with Crippen LogP contribution in [0, 0.1) is 11.3 Å². The van der Waals surface area contributed by atoms with Crippen LogP contribution in [0.3, 0.4) is 0 Å². The summed E-state index contributed by atoms with van der Waals surface area (Å²) in [4.78, 5) is 27.2. The predicted octanol–water partition coefficient (Wildman–Crippen LogP) is 1.38. The van der Waals surface area contributed by atoms with Crippen molar-refractivity contribution in [2.45, 2.75) is 12.5 Å². The van der Waals surface area contributed by atoms with Gasteiger partial charge in [-0.15, -0.1) is 0 Å². The van der Waals surface area contributed by atoms with Gasteiger partial charge in [-0.25, -0.2) is 4.79 Å². The molecule has 2 aromatic rings. The predicted molar refractivity (Wildman–Crippen MR) is 78.0 cm³/mol. The normalized spacial score (nSPS) is 11.2. The summed E-state index contributed by atoms with van der Waals surface area (Å²) in [5.41, 5.74) is 1.30. The number of carboxylic acids is 1. The summed E-state index contributed by atoms with van der Waals surface area (Å²) in [6.07, 6.45) is 2.95. The van der Waals surface area contributed by atoms with E-state index in [1.165, 1.54) is 24.5 Å². The summed E-state index contributed by atoms with van der Waals surface area (Å²) in [5, 5.41) is 20.8. The quantitative estimate of drug-likeness (QED) is 0.867. The molecule has 0 aliphatic rings. The lowest BCUT2D eigenvalue weighted by Gasteiger charge is -2.15. The Morgan fingerprint density at radius 2 is 1.91 bits per heavy atom. The summed E-state index contributed by atoms with van der Waals surface area (Å²) < 4.78 is 0. The Morgan fingerprint density at radius 1 is 1.23 bits per heavy atom. The summed E-state index contributed by atoms with van der Waals surface area (Å²) >= 11 is 0.